The van der Waals surface area contributed by atoms with Crippen LogP contribution in [0.2, 0.25) is 0 Å². The Bertz CT molecular complexity index is 1080. The van der Waals surface area contributed by atoms with Gasteiger partial charge in [0, 0.05) is 30.9 Å². The van der Waals surface area contributed by atoms with Crippen molar-refractivity contribution in [3.05, 3.63) is 108 Å². The summed E-state index contributed by atoms with van der Waals surface area (Å²) in [6.07, 6.45) is 5.38. The topological polar surface area (TPSA) is 46.1 Å². The second kappa shape index (κ2) is 9.11. The number of carbonyl (C=O) groups excluding carboxylic acids is 1. The molecule has 0 aliphatic heterocycles. The number of hydrogen-bond acceptors (Lipinski definition) is 3. The number of pyridine rings is 2. The first-order valence-electron chi connectivity index (χ1n) is 9.87. The molecule has 0 unspecified atom stereocenters. The van der Waals surface area contributed by atoms with Crippen LogP contribution >= 0.6 is 0 Å². The maximum Gasteiger partial charge on any atom is 0.272 e. The molecule has 0 spiro atoms. The summed E-state index contributed by atoms with van der Waals surface area (Å²) in [5, 5.41) is 1.03. The largest absolute Gasteiger partial charge is 0.333 e. The average Bonchev–Trinajstić information content (AvgIpc) is 2.79. The van der Waals surface area contributed by atoms with E-state index in [4.69, 9.17) is 0 Å². The van der Waals surface area contributed by atoms with Crippen molar-refractivity contribution >= 4 is 16.8 Å². The minimum absolute atomic E-state index is 0.0485. The summed E-state index contributed by atoms with van der Waals surface area (Å²) in [7, 11) is 0. The first-order chi connectivity index (χ1) is 14.3. The lowest BCUT2D eigenvalue weighted by Gasteiger charge is -2.22. The first kappa shape index (κ1) is 18.8. The number of hydrogen-bond donors (Lipinski definition) is 0. The van der Waals surface area contributed by atoms with Crippen molar-refractivity contribution < 1.29 is 4.79 Å². The number of fused-ring (bicyclic) bond motifs is 1. The van der Waals surface area contributed by atoms with Gasteiger partial charge in [-0.3, -0.25) is 9.78 Å². The van der Waals surface area contributed by atoms with Crippen LogP contribution in [0.1, 0.15) is 28.0 Å². The lowest BCUT2D eigenvalue weighted by atomic mass is 10.1. The highest BCUT2D eigenvalue weighted by molar-refractivity contribution is 5.94. The van der Waals surface area contributed by atoms with Crippen molar-refractivity contribution in [1.82, 2.24) is 14.9 Å². The Morgan fingerprint density at radius 2 is 1.62 bits per heavy atom. The van der Waals surface area contributed by atoms with E-state index in [0.29, 0.717) is 18.8 Å². The zero-order valence-electron chi connectivity index (χ0n) is 16.2. The Kier molecular flexibility index (Phi) is 5.91. The van der Waals surface area contributed by atoms with Gasteiger partial charge in [0.05, 0.1) is 5.52 Å². The van der Waals surface area contributed by atoms with E-state index in [2.05, 4.69) is 22.1 Å². The van der Waals surface area contributed by atoms with Crippen LogP contribution in [-0.2, 0) is 13.0 Å². The molecule has 4 nitrogen and oxygen atoms in total. The molecule has 0 aliphatic carbocycles. The summed E-state index contributed by atoms with van der Waals surface area (Å²) in [6.45, 7) is 1.19. The number of amides is 1. The van der Waals surface area contributed by atoms with Crippen molar-refractivity contribution in [2.24, 2.45) is 0 Å². The van der Waals surface area contributed by atoms with Crippen LogP contribution in [0.5, 0.6) is 0 Å². The molecule has 4 aromatic rings. The van der Waals surface area contributed by atoms with E-state index in [-0.39, 0.29) is 5.91 Å². The highest BCUT2D eigenvalue weighted by Crippen LogP contribution is 2.15. The van der Waals surface area contributed by atoms with Crippen molar-refractivity contribution in [3.8, 4) is 0 Å². The fraction of sp³-hybridized carbons (Fsp3) is 0.160. The summed E-state index contributed by atoms with van der Waals surface area (Å²) in [5.74, 6) is -0.0485. The number of nitrogens with zero attached hydrogens (tertiary/aromatic N) is 3. The molecule has 2 aromatic carbocycles. The Morgan fingerprint density at radius 1 is 0.828 bits per heavy atom. The van der Waals surface area contributed by atoms with Crippen LogP contribution in [0.25, 0.3) is 10.9 Å². The van der Waals surface area contributed by atoms with Crippen LogP contribution in [0.3, 0.4) is 0 Å². The molecule has 0 atom stereocenters. The molecule has 1 amide bonds. The number of aromatic nitrogens is 2. The fourth-order valence-electron chi connectivity index (χ4n) is 3.43. The van der Waals surface area contributed by atoms with Gasteiger partial charge in [-0.25, -0.2) is 4.98 Å². The molecule has 0 aliphatic rings. The monoisotopic (exact) mass is 381 g/mol. The minimum Gasteiger partial charge on any atom is -0.333 e. The molecule has 2 heterocycles. The quantitative estimate of drug-likeness (QED) is 0.457. The molecule has 144 valence electrons. The summed E-state index contributed by atoms with van der Waals surface area (Å²) in [4.78, 5) is 23.9. The van der Waals surface area contributed by atoms with E-state index in [1.165, 1.54) is 5.56 Å². The molecule has 0 fully saturated rings. The highest BCUT2D eigenvalue weighted by Gasteiger charge is 2.18. The standard InChI is InChI=1S/C25H23N3O/c29-25(24-15-14-22-12-4-5-13-23(22)27-24)28(19-21-10-6-16-26-18-21)17-7-11-20-8-2-1-3-9-20/h1-6,8-10,12-16,18H,7,11,17,19H2. The number of benzene rings is 2. The first-order valence-corrected chi connectivity index (χ1v) is 9.87. The van der Waals surface area contributed by atoms with Crippen LogP contribution < -0.4 is 0 Å². The van der Waals surface area contributed by atoms with Crippen molar-refractivity contribution in [1.29, 1.82) is 0 Å². The fourth-order valence-corrected chi connectivity index (χ4v) is 3.43. The Balaban J connectivity index is 1.53. The van der Waals surface area contributed by atoms with Crippen molar-refractivity contribution in [2.75, 3.05) is 6.54 Å². The SMILES string of the molecule is O=C(c1ccc2ccccc2n1)N(CCCc1ccccc1)Cc1cccnc1. The number of carbonyl (C=O) groups is 1. The van der Waals surface area contributed by atoms with Gasteiger partial charge >= 0.3 is 0 Å². The Morgan fingerprint density at radius 3 is 2.45 bits per heavy atom. The zero-order chi connectivity index (χ0) is 19.9. The number of aryl methyl sites for hydroxylation is 1. The maximum absolute atomic E-state index is 13.3. The summed E-state index contributed by atoms with van der Waals surface area (Å²) in [6, 6.07) is 25.9. The zero-order valence-corrected chi connectivity index (χ0v) is 16.2. The van der Waals surface area contributed by atoms with Gasteiger partial charge in [-0.05, 0) is 42.2 Å². The molecule has 0 bridgehead atoms. The molecular weight excluding hydrogens is 358 g/mol. The van der Waals surface area contributed by atoms with Gasteiger partial charge in [0.25, 0.3) is 5.91 Å². The van der Waals surface area contributed by atoms with Crippen LogP contribution in [0.15, 0.2) is 91.3 Å². The van der Waals surface area contributed by atoms with Gasteiger partial charge in [-0.1, -0.05) is 60.7 Å². The lowest BCUT2D eigenvalue weighted by molar-refractivity contribution is 0.0735. The molecule has 4 rings (SSSR count). The van der Waals surface area contributed by atoms with Gasteiger partial charge in [0.1, 0.15) is 5.69 Å². The third-order valence-corrected chi connectivity index (χ3v) is 4.94. The minimum atomic E-state index is -0.0485. The predicted octanol–water partition coefficient (Wildman–Crippen LogP) is 4.91. The van der Waals surface area contributed by atoms with Gasteiger partial charge in [0.2, 0.25) is 0 Å². The second-order valence-corrected chi connectivity index (χ2v) is 7.07. The van der Waals surface area contributed by atoms with Gasteiger partial charge in [-0.2, -0.15) is 0 Å². The highest BCUT2D eigenvalue weighted by atomic mass is 16.2. The molecule has 0 saturated heterocycles. The normalized spacial score (nSPS) is 10.8. The smallest absolute Gasteiger partial charge is 0.272 e. The molecule has 0 N–H and O–H groups in total. The lowest BCUT2D eigenvalue weighted by Crippen LogP contribution is -2.32. The number of para-hydroxylation sites is 1. The summed E-state index contributed by atoms with van der Waals surface area (Å²) in [5.41, 5.74) is 3.61. The number of rotatable bonds is 7. The van der Waals surface area contributed by atoms with Gasteiger partial charge in [0.15, 0.2) is 0 Å². The Hall–Kier alpha value is -3.53. The molecule has 0 radical (unpaired) electrons. The van der Waals surface area contributed by atoms with E-state index >= 15 is 0 Å². The third kappa shape index (κ3) is 4.85. The van der Waals surface area contributed by atoms with Crippen molar-refractivity contribution in [2.45, 2.75) is 19.4 Å². The summed E-state index contributed by atoms with van der Waals surface area (Å²) < 4.78 is 0. The predicted molar refractivity (Wildman–Crippen MR) is 115 cm³/mol. The molecule has 4 heteroatoms. The molecular formula is C25H23N3O. The van der Waals surface area contributed by atoms with E-state index in [1.54, 1.807) is 6.20 Å². The average molecular weight is 381 g/mol. The third-order valence-electron chi connectivity index (χ3n) is 4.94. The molecule has 2 aromatic heterocycles. The van der Waals surface area contributed by atoms with E-state index < -0.39 is 0 Å². The van der Waals surface area contributed by atoms with Crippen LogP contribution in [-0.4, -0.2) is 27.3 Å². The van der Waals surface area contributed by atoms with Crippen LogP contribution in [0, 0.1) is 0 Å². The van der Waals surface area contributed by atoms with E-state index in [1.807, 2.05) is 77.8 Å². The van der Waals surface area contributed by atoms with Crippen molar-refractivity contribution in [3.63, 3.8) is 0 Å². The second-order valence-electron chi connectivity index (χ2n) is 7.07. The van der Waals surface area contributed by atoms with E-state index in [9.17, 15) is 4.79 Å². The van der Waals surface area contributed by atoms with Gasteiger partial charge in [-0.15, -0.1) is 0 Å². The van der Waals surface area contributed by atoms with Gasteiger partial charge < -0.3 is 4.90 Å². The van der Waals surface area contributed by atoms with E-state index in [0.717, 1.165) is 29.3 Å². The molecule has 29 heavy (non-hydrogen) atoms. The molecule has 0 saturated carbocycles. The Labute approximate surface area is 170 Å². The van der Waals surface area contributed by atoms with Crippen LogP contribution in [0.4, 0.5) is 0 Å². The summed E-state index contributed by atoms with van der Waals surface area (Å²) >= 11 is 0. The maximum atomic E-state index is 13.3.